The van der Waals surface area contributed by atoms with Crippen molar-refractivity contribution in [3.63, 3.8) is 0 Å². The van der Waals surface area contributed by atoms with Gasteiger partial charge in [0.15, 0.2) is 5.82 Å². The van der Waals surface area contributed by atoms with E-state index >= 15 is 0 Å². The molecule has 2 fully saturated rings. The van der Waals surface area contributed by atoms with Crippen molar-refractivity contribution in [3.8, 4) is 0 Å². The van der Waals surface area contributed by atoms with Crippen LogP contribution in [-0.4, -0.2) is 52.9 Å². The summed E-state index contributed by atoms with van der Waals surface area (Å²) >= 11 is 12.0. The van der Waals surface area contributed by atoms with Crippen molar-refractivity contribution < 1.29 is 9.59 Å². The minimum atomic E-state index is -0.636. The maximum absolute atomic E-state index is 12.8. The number of likely N-dealkylation sites (tertiary alicyclic amines) is 1. The minimum absolute atomic E-state index is 0.0515. The maximum Gasteiger partial charge on any atom is 0.237 e. The van der Waals surface area contributed by atoms with E-state index in [0.29, 0.717) is 30.5 Å². The number of anilines is 1. The zero-order valence-electron chi connectivity index (χ0n) is 12.8. The first-order valence-corrected chi connectivity index (χ1v) is 7.92. The van der Waals surface area contributed by atoms with Crippen molar-refractivity contribution in [1.29, 1.82) is 0 Å². The molecule has 2 aliphatic heterocycles. The number of rotatable bonds is 3. The second-order valence-electron chi connectivity index (χ2n) is 6.69. The molecule has 0 aromatic carbocycles. The topological polar surface area (TPSA) is 92.4 Å². The maximum atomic E-state index is 12.8. The van der Waals surface area contributed by atoms with Gasteiger partial charge in [-0.2, -0.15) is 4.98 Å². The summed E-state index contributed by atoms with van der Waals surface area (Å²) in [7, 11) is 0. The molecule has 3 heterocycles. The molecular formula is C14H17Cl2N5O2. The molecule has 0 spiro atoms. The van der Waals surface area contributed by atoms with Crippen LogP contribution < -0.4 is 10.6 Å². The van der Waals surface area contributed by atoms with Crippen molar-refractivity contribution in [1.82, 2.24) is 14.9 Å². The fourth-order valence-electron chi connectivity index (χ4n) is 3.64. The Hall–Kier alpha value is -1.60. The summed E-state index contributed by atoms with van der Waals surface area (Å²) in [5.41, 5.74) is 4.26. The third-order valence-corrected chi connectivity index (χ3v) is 5.47. The zero-order chi connectivity index (χ0) is 17.0. The normalized spacial score (nSPS) is 30.0. The van der Waals surface area contributed by atoms with Gasteiger partial charge in [0.25, 0.3) is 0 Å². The molecule has 3 rings (SSSR count). The highest BCUT2D eigenvalue weighted by Gasteiger charge is 2.63. The predicted octanol–water partition coefficient (Wildman–Crippen LogP) is 0.944. The lowest BCUT2D eigenvalue weighted by molar-refractivity contribution is -0.138. The molecule has 7 nitrogen and oxygen atoms in total. The van der Waals surface area contributed by atoms with Crippen LogP contribution in [0.1, 0.15) is 13.8 Å². The fourth-order valence-corrected chi connectivity index (χ4v) is 3.98. The molecule has 23 heavy (non-hydrogen) atoms. The van der Waals surface area contributed by atoms with E-state index in [1.54, 1.807) is 0 Å². The number of primary amides is 1. The summed E-state index contributed by atoms with van der Waals surface area (Å²) < 4.78 is 0. The Kier molecular flexibility index (Phi) is 3.68. The zero-order valence-corrected chi connectivity index (χ0v) is 14.4. The van der Waals surface area contributed by atoms with Gasteiger partial charge in [-0.1, -0.05) is 18.5 Å². The summed E-state index contributed by atoms with van der Waals surface area (Å²) in [6, 6.07) is 0. The molecule has 2 saturated heterocycles. The molecule has 2 atom stereocenters. The molecular weight excluding hydrogens is 341 g/mol. The summed E-state index contributed by atoms with van der Waals surface area (Å²) in [6.45, 7) is 5.39. The number of aromatic nitrogens is 2. The van der Waals surface area contributed by atoms with E-state index < -0.39 is 11.3 Å². The Morgan fingerprint density at radius 3 is 2.65 bits per heavy atom. The first kappa shape index (κ1) is 16.3. The molecule has 9 heteroatoms. The van der Waals surface area contributed by atoms with Crippen LogP contribution in [0.2, 0.25) is 10.3 Å². The van der Waals surface area contributed by atoms with Gasteiger partial charge in [0.05, 0.1) is 18.2 Å². The Morgan fingerprint density at radius 1 is 1.35 bits per heavy atom. The van der Waals surface area contributed by atoms with Crippen LogP contribution in [0.4, 0.5) is 5.82 Å². The molecule has 0 radical (unpaired) electrons. The van der Waals surface area contributed by atoms with E-state index in [1.165, 1.54) is 11.1 Å². The molecule has 2 aliphatic rings. The number of hydrogen-bond donors (Lipinski definition) is 1. The van der Waals surface area contributed by atoms with Crippen LogP contribution in [0.3, 0.4) is 0 Å². The molecule has 2 N–H and O–H groups in total. The number of nitrogens with two attached hydrogens (primary N) is 1. The molecule has 2 amide bonds. The number of fused-ring (bicyclic) bond motifs is 1. The molecule has 1 aromatic rings. The van der Waals surface area contributed by atoms with Gasteiger partial charge in [-0.25, -0.2) is 4.98 Å². The first-order valence-electron chi connectivity index (χ1n) is 7.17. The second-order valence-corrected chi connectivity index (χ2v) is 7.43. The van der Waals surface area contributed by atoms with Crippen LogP contribution in [0.25, 0.3) is 0 Å². The van der Waals surface area contributed by atoms with Crippen LogP contribution >= 0.6 is 23.2 Å². The average molecular weight is 358 g/mol. The van der Waals surface area contributed by atoms with Crippen LogP contribution in [0.15, 0.2) is 6.20 Å². The molecule has 1 aromatic heterocycles. The Balaban J connectivity index is 1.91. The van der Waals surface area contributed by atoms with Gasteiger partial charge in [0.2, 0.25) is 17.1 Å². The van der Waals surface area contributed by atoms with Crippen LogP contribution in [0.5, 0.6) is 0 Å². The number of amides is 2. The lowest BCUT2D eigenvalue weighted by atomic mass is 9.70. The van der Waals surface area contributed by atoms with Crippen molar-refractivity contribution in [2.24, 2.45) is 16.6 Å². The lowest BCUT2D eigenvalue weighted by Crippen LogP contribution is -2.41. The highest BCUT2D eigenvalue weighted by atomic mass is 35.5. The molecule has 124 valence electrons. The van der Waals surface area contributed by atoms with Gasteiger partial charge in [-0.3, -0.25) is 9.59 Å². The third kappa shape index (κ3) is 2.42. The monoisotopic (exact) mass is 357 g/mol. The summed E-state index contributed by atoms with van der Waals surface area (Å²) in [5.74, 6) is -0.0525. The van der Waals surface area contributed by atoms with E-state index in [1.807, 2.05) is 18.7 Å². The van der Waals surface area contributed by atoms with Crippen molar-refractivity contribution in [3.05, 3.63) is 16.5 Å². The van der Waals surface area contributed by atoms with Gasteiger partial charge in [-0.15, -0.1) is 0 Å². The van der Waals surface area contributed by atoms with Gasteiger partial charge >= 0.3 is 0 Å². The molecule has 0 saturated carbocycles. The van der Waals surface area contributed by atoms with E-state index in [2.05, 4.69) is 9.97 Å². The molecule has 0 unspecified atom stereocenters. The van der Waals surface area contributed by atoms with E-state index in [4.69, 9.17) is 28.9 Å². The fraction of sp³-hybridized carbons (Fsp3) is 0.571. The summed E-state index contributed by atoms with van der Waals surface area (Å²) in [4.78, 5) is 35.5. The second kappa shape index (κ2) is 5.21. The predicted molar refractivity (Wildman–Crippen MR) is 86.3 cm³/mol. The molecule has 0 bridgehead atoms. The van der Waals surface area contributed by atoms with E-state index in [0.717, 1.165) is 0 Å². The Bertz CT molecular complexity index is 700. The largest absolute Gasteiger partial charge is 0.368 e. The molecule has 0 aliphatic carbocycles. The SMILES string of the molecule is C[C@]12CN(CC(N)=O)C(=O)[C@@]1(C)CN(c1nc(Cl)ncc1Cl)C2. The Labute approximate surface area is 143 Å². The number of carbonyl (C=O) groups excluding carboxylic acids is 2. The summed E-state index contributed by atoms with van der Waals surface area (Å²) in [6.07, 6.45) is 1.45. The van der Waals surface area contributed by atoms with Crippen molar-refractivity contribution in [2.75, 3.05) is 31.1 Å². The number of nitrogens with zero attached hydrogens (tertiary/aromatic N) is 4. The highest BCUT2D eigenvalue weighted by Crippen LogP contribution is 2.53. The standard InChI is InChI=1S/C14H17Cl2N5O2/c1-13-5-20(4-9(17)22)11(23)14(13,2)7-21(6-13)10-8(15)3-18-12(16)19-10/h3H,4-7H2,1-2H3,(H2,17,22)/t13-,14-/m1/s1. The number of halogens is 2. The lowest BCUT2D eigenvalue weighted by Gasteiger charge is -2.28. The van der Waals surface area contributed by atoms with Crippen molar-refractivity contribution >= 4 is 40.8 Å². The van der Waals surface area contributed by atoms with Crippen molar-refractivity contribution in [2.45, 2.75) is 13.8 Å². The third-order valence-electron chi connectivity index (χ3n) is 5.02. The summed E-state index contributed by atoms with van der Waals surface area (Å²) in [5, 5.41) is 0.501. The van der Waals surface area contributed by atoms with Crippen LogP contribution in [0, 0.1) is 10.8 Å². The minimum Gasteiger partial charge on any atom is -0.368 e. The number of hydrogen-bond acceptors (Lipinski definition) is 5. The quantitative estimate of drug-likeness (QED) is 0.812. The van der Waals surface area contributed by atoms with Gasteiger partial charge < -0.3 is 15.5 Å². The average Bonchev–Trinajstić information content (AvgIpc) is 2.80. The van der Waals surface area contributed by atoms with Gasteiger partial charge in [0, 0.05) is 25.0 Å². The Morgan fingerprint density at radius 2 is 2.04 bits per heavy atom. The van der Waals surface area contributed by atoms with E-state index in [9.17, 15) is 9.59 Å². The number of carbonyl (C=O) groups is 2. The highest BCUT2D eigenvalue weighted by molar-refractivity contribution is 6.33. The van der Waals surface area contributed by atoms with Crippen LogP contribution in [-0.2, 0) is 9.59 Å². The van der Waals surface area contributed by atoms with Gasteiger partial charge in [-0.05, 0) is 18.5 Å². The van der Waals surface area contributed by atoms with E-state index in [-0.39, 0.29) is 23.2 Å². The smallest absolute Gasteiger partial charge is 0.237 e. The first-order chi connectivity index (χ1) is 10.7. The van der Waals surface area contributed by atoms with Gasteiger partial charge in [0.1, 0.15) is 5.02 Å².